The largest absolute Gasteiger partial charge is 0.449 e. The van der Waals surface area contributed by atoms with Gasteiger partial charge in [0.15, 0.2) is 0 Å². The summed E-state index contributed by atoms with van der Waals surface area (Å²) in [6, 6.07) is 12.2. The van der Waals surface area contributed by atoms with Crippen LogP contribution >= 0.6 is 11.6 Å². The van der Waals surface area contributed by atoms with Crippen LogP contribution in [0, 0.1) is 24.0 Å². The maximum absolute atomic E-state index is 12.9. The van der Waals surface area contributed by atoms with Gasteiger partial charge in [-0.3, -0.25) is 15.1 Å². The Kier molecular flexibility index (Phi) is 6.31. The summed E-state index contributed by atoms with van der Waals surface area (Å²) in [7, 11) is 0. The standard InChI is InChI=1S/C22H16ClF3N2O3/c1-13-3-6-18(9-14(13)2)27-12-15-10-17(23)5-8-20(15)31-21-7-4-16(22(24,25)26)11-19(21)28(29)30/h3-12H,1-2H3. The third-order valence-corrected chi connectivity index (χ3v) is 4.75. The molecule has 0 amide bonds. The number of ether oxygens (including phenoxy) is 1. The average molecular weight is 449 g/mol. The number of benzene rings is 3. The first kappa shape index (κ1) is 22.3. The van der Waals surface area contributed by atoms with Crippen LogP contribution in [0.1, 0.15) is 22.3 Å². The summed E-state index contributed by atoms with van der Waals surface area (Å²) in [4.78, 5) is 14.8. The molecule has 0 N–H and O–H groups in total. The molecule has 0 aliphatic rings. The third-order valence-electron chi connectivity index (χ3n) is 4.52. The Bertz CT molecular complexity index is 1180. The lowest BCUT2D eigenvalue weighted by atomic mass is 10.1. The molecule has 0 unspecified atom stereocenters. The highest BCUT2D eigenvalue weighted by Gasteiger charge is 2.33. The van der Waals surface area contributed by atoms with Gasteiger partial charge in [0, 0.05) is 22.9 Å². The minimum Gasteiger partial charge on any atom is -0.449 e. The first-order valence-corrected chi connectivity index (χ1v) is 9.37. The average Bonchev–Trinajstić information content (AvgIpc) is 2.69. The summed E-state index contributed by atoms with van der Waals surface area (Å²) in [6.07, 6.45) is -3.24. The van der Waals surface area contributed by atoms with Crippen molar-refractivity contribution in [1.82, 2.24) is 0 Å². The number of rotatable bonds is 5. The predicted octanol–water partition coefficient (Wildman–Crippen LogP) is 7.43. The lowest BCUT2D eigenvalue weighted by Crippen LogP contribution is -2.06. The molecule has 0 bridgehead atoms. The van der Waals surface area contributed by atoms with E-state index in [0.29, 0.717) is 22.3 Å². The van der Waals surface area contributed by atoms with Gasteiger partial charge in [-0.1, -0.05) is 17.7 Å². The monoisotopic (exact) mass is 448 g/mol. The van der Waals surface area contributed by atoms with E-state index in [1.165, 1.54) is 24.4 Å². The van der Waals surface area contributed by atoms with Crippen molar-refractivity contribution in [1.29, 1.82) is 0 Å². The summed E-state index contributed by atoms with van der Waals surface area (Å²) in [6.45, 7) is 3.93. The molecule has 31 heavy (non-hydrogen) atoms. The topological polar surface area (TPSA) is 64.7 Å². The molecule has 160 valence electrons. The maximum atomic E-state index is 12.9. The molecule has 3 rings (SSSR count). The molecule has 9 heteroatoms. The van der Waals surface area contributed by atoms with Crippen molar-refractivity contribution in [3.05, 3.63) is 92.0 Å². The summed E-state index contributed by atoms with van der Waals surface area (Å²) in [5.74, 6) is -0.180. The van der Waals surface area contributed by atoms with Crippen LogP contribution in [0.5, 0.6) is 11.5 Å². The van der Waals surface area contributed by atoms with Crippen LogP contribution in [-0.4, -0.2) is 11.1 Å². The molecule has 0 saturated carbocycles. The molecule has 3 aromatic rings. The van der Waals surface area contributed by atoms with Crippen molar-refractivity contribution in [3.8, 4) is 11.5 Å². The number of nitrogens with zero attached hydrogens (tertiary/aromatic N) is 2. The van der Waals surface area contributed by atoms with E-state index in [1.54, 1.807) is 0 Å². The number of hydrogen-bond acceptors (Lipinski definition) is 4. The Morgan fingerprint density at radius 2 is 1.71 bits per heavy atom. The van der Waals surface area contributed by atoms with E-state index in [1.807, 2.05) is 32.0 Å². The van der Waals surface area contributed by atoms with E-state index in [-0.39, 0.29) is 11.5 Å². The lowest BCUT2D eigenvalue weighted by molar-refractivity contribution is -0.385. The number of alkyl halides is 3. The highest BCUT2D eigenvalue weighted by Crippen LogP contribution is 2.38. The second-order valence-corrected chi connectivity index (χ2v) is 7.18. The highest BCUT2D eigenvalue weighted by molar-refractivity contribution is 6.30. The van der Waals surface area contributed by atoms with Gasteiger partial charge in [0.25, 0.3) is 0 Å². The van der Waals surface area contributed by atoms with E-state index in [0.717, 1.165) is 23.3 Å². The Morgan fingerprint density at radius 1 is 1.00 bits per heavy atom. The first-order chi connectivity index (χ1) is 14.5. The molecule has 0 saturated heterocycles. The number of hydrogen-bond donors (Lipinski definition) is 0. The van der Waals surface area contributed by atoms with Gasteiger partial charge < -0.3 is 4.74 Å². The normalized spacial score (nSPS) is 11.7. The molecule has 3 aromatic carbocycles. The fourth-order valence-electron chi connectivity index (χ4n) is 2.70. The van der Waals surface area contributed by atoms with E-state index >= 15 is 0 Å². The van der Waals surface area contributed by atoms with Crippen LogP contribution in [-0.2, 0) is 6.18 Å². The van der Waals surface area contributed by atoms with Gasteiger partial charge in [0.1, 0.15) is 5.75 Å². The van der Waals surface area contributed by atoms with Crippen molar-refractivity contribution >= 4 is 29.2 Å². The fraction of sp³-hybridized carbons (Fsp3) is 0.136. The van der Waals surface area contributed by atoms with Gasteiger partial charge in [-0.25, -0.2) is 0 Å². The predicted molar refractivity (Wildman–Crippen MR) is 113 cm³/mol. The Labute approximate surface area is 180 Å². The van der Waals surface area contributed by atoms with Gasteiger partial charge in [-0.05, 0) is 67.4 Å². The molecule has 0 aliphatic heterocycles. The Balaban J connectivity index is 1.98. The van der Waals surface area contributed by atoms with Crippen molar-refractivity contribution < 1.29 is 22.8 Å². The van der Waals surface area contributed by atoms with Crippen LogP contribution in [0.3, 0.4) is 0 Å². The number of halogens is 4. The molecule has 0 heterocycles. The molecule has 0 radical (unpaired) electrons. The van der Waals surface area contributed by atoms with Crippen LogP contribution < -0.4 is 4.74 Å². The summed E-state index contributed by atoms with van der Waals surface area (Å²) < 4.78 is 44.4. The smallest absolute Gasteiger partial charge is 0.416 e. The SMILES string of the molecule is Cc1ccc(N=Cc2cc(Cl)ccc2Oc2ccc(C(F)(F)F)cc2[N+](=O)[O-])cc1C. The molecule has 0 spiro atoms. The molecule has 0 atom stereocenters. The fourth-order valence-corrected chi connectivity index (χ4v) is 2.88. The molecule has 0 fully saturated rings. The molecular weight excluding hydrogens is 433 g/mol. The Hall–Kier alpha value is -3.39. The van der Waals surface area contributed by atoms with Crippen LogP contribution in [0.15, 0.2) is 59.6 Å². The van der Waals surface area contributed by atoms with E-state index in [9.17, 15) is 23.3 Å². The molecule has 0 aliphatic carbocycles. The molecule has 0 aromatic heterocycles. The van der Waals surface area contributed by atoms with Crippen LogP contribution in [0.4, 0.5) is 24.5 Å². The quantitative estimate of drug-likeness (QED) is 0.231. The second-order valence-electron chi connectivity index (χ2n) is 6.75. The van der Waals surface area contributed by atoms with Gasteiger partial charge in [0.05, 0.1) is 16.2 Å². The number of nitro benzene ring substituents is 1. The summed E-state index contributed by atoms with van der Waals surface area (Å²) in [5, 5.41) is 11.7. The number of aliphatic imine (C=N–C) groups is 1. The minimum atomic E-state index is -4.71. The maximum Gasteiger partial charge on any atom is 0.416 e. The zero-order chi connectivity index (χ0) is 22.8. The van der Waals surface area contributed by atoms with Gasteiger partial charge >= 0.3 is 11.9 Å². The lowest BCUT2D eigenvalue weighted by Gasteiger charge is -2.12. The van der Waals surface area contributed by atoms with Crippen LogP contribution in [0.2, 0.25) is 5.02 Å². The van der Waals surface area contributed by atoms with Gasteiger partial charge in [0.2, 0.25) is 5.75 Å². The number of aryl methyl sites for hydroxylation is 2. The van der Waals surface area contributed by atoms with E-state index in [4.69, 9.17) is 16.3 Å². The van der Waals surface area contributed by atoms with Crippen molar-refractivity contribution in [2.75, 3.05) is 0 Å². The summed E-state index contributed by atoms with van der Waals surface area (Å²) in [5.41, 5.74) is 1.30. The van der Waals surface area contributed by atoms with Crippen LogP contribution in [0.25, 0.3) is 0 Å². The van der Waals surface area contributed by atoms with Crippen molar-refractivity contribution in [2.24, 2.45) is 4.99 Å². The van der Waals surface area contributed by atoms with Gasteiger partial charge in [-0.2, -0.15) is 13.2 Å². The molecular formula is C22H16ClF3N2O3. The van der Waals surface area contributed by atoms with Crippen molar-refractivity contribution in [3.63, 3.8) is 0 Å². The summed E-state index contributed by atoms with van der Waals surface area (Å²) >= 11 is 6.05. The van der Waals surface area contributed by atoms with Gasteiger partial charge in [-0.15, -0.1) is 0 Å². The van der Waals surface area contributed by atoms with E-state index in [2.05, 4.69) is 4.99 Å². The minimum absolute atomic E-state index is 0.153. The third kappa shape index (κ3) is 5.40. The zero-order valence-corrected chi connectivity index (χ0v) is 17.2. The van der Waals surface area contributed by atoms with Crippen molar-refractivity contribution in [2.45, 2.75) is 20.0 Å². The first-order valence-electron chi connectivity index (χ1n) is 8.99. The molecule has 5 nitrogen and oxygen atoms in total. The van der Waals surface area contributed by atoms with E-state index < -0.39 is 22.4 Å². The highest BCUT2D eigenvalue weighted by atomic mass is 35.5. The number of nitro groups is 1. The zero-order valence-electron chi connectivity index (χ0n) is 16.4. The second kappa shape index (κ2) is 8.77. The Morgan fingerprint density at radius 3 is 2.35 bits per heavy atom.